The molecule has 0 aliphatic carbocycles. The lowest BCUT2D eigenvalue weighted by atomic mass is 10.3. The Morgan fingerprint density at radius 1 is 1.19 bits per heavy atom. The summed E-state index contributed by atoms with van der Waals surface area (Å²) in [7, 11) is 0. The van der Waals surface area contributed by atoms with E-state index in [0.29, 0.717) is 37.0 Å². The molecule has 0 bridgehead atoms. The molecule has 0 radical (unpaired) electrons. The molecule has 1 aliphatic heterocycles. The highest BCUT2D eigenvalue weighted by atomic mass is 32.1. The average molecular weight is 400 g/mol. The number of benzene rings is 1. The summed E-state index contributed by atoms with van der Waals surface area (Å²) in [4.78, 5) is 30.6. The van der Waals surface area contributed by atoms with Gasteiger partial charge in [0.1, 0.15) is 11.4 Å². The summed E-state index contributed by atoms with van der Waals surface area (Å²) in [5.41, 5.74) is 0.788. The first-order valence-electron chi connectivity index (χ1n) is 7.91. The molecule has 1 saturated heterocycles. The fourth-order valence-corrected chi connectivity index (χ4v) is 3.19. The van der Waals surface area contributed by atoms with E-state index >= 15 is 0 Å². The Labute approximate surface area is 156 Å². The van der Waals surface area contributed by atoms with Gasteiger partial charge in [-0.1, -0.05) is 0 Å². The minimum atomic E-state index is -4.74. The van der Waals surface area contributed by atoms with Crippen molar-refractivity contribution >= 4 is 34.5 Å². The van der Waals surface area contributed by atoms with Crippen LogP contribution in [0.3, 0.4) is 0 Å². The van der Waals surface area contributed by atoms with Crippen LogP contribution >= 0.6 is 11.3 Å². The standard InChI is InChI=1S/C16H15F3N4O3S/c17-16(18,19)26-12-3-1-11(2-4-12)20-15-21-13(9-27-15)14(25)23-7-5-22(10-24)6-8-23/h1-4,9-10H,5-8H2,(H,20,21). The summed E-state index contributed by atoms with van der Waals surface area (Å²) in [5.74, 6) is -0.545. The van der Waals surface area contributed by atoms with Crippen LogP contribution in [0.4, 0.5) is 24.0 Å². The van der Waals surface area contributed by atoms with Gasteiger partial charge >= 0.3 is 6.36 Å². The summed E-state index contributed by atoms with van der Waals surface area (Å²) < 4.78 is 40.3. The van der Waals surface area contributed by atoms with Crippen LogP contribution in [-0.2, 0) is 4.79 Å². The van der Waals surface area contributed by atoms with Crippen molar-refractivity contribution in [1.29, 1.82) is 0 Å². The highest BCUT2D eigenvalue weighted by molar-refractivity contribution is 7.14. The van der Waals surface area contributed by atoms with E-state index in [9.17, 15) is 22.8 Å². The number of rotatable bonds is 5. The van der Waals surface area contributed by atoms with Gasteiger partial charge in [0.2, 0.25) is 6.41 Å². The third-order valence-corrected chi connectivity index (χ3v) is 4.57. The molecule has 0 saturated carbocycles. The largest absolute Gasteiger partial charge is 0.573 e. The number of ether oxygens (including phenoxy) is 1. The smallest absolute Gasteiger partial charge is 0.406 e. The van der Waals surface area contributed by atoms with Crippen molar-refractivity contribution in [3.63, 3.8) is 0 Å². The average Bonchev–Trinajstić information content (AvgIpc) is 3.10. The number of anilines is 2. The predicted molar refractivity (Wildman–Crippen MR) is 92.1 cm³/mol. The number of carbonyl (C=O) groups excluding carboxylic acids is 2. The van der Waals surface area contributed by atoms with Crippen molar-refractivity contribution in [2.24, 2.45) is 0 Å². The highest BCUT2D eigenvalue weighted by Gasteiger charge is 2.31. The molecule has 2 heterocycles. The number of nitrogens with zero attached hydrogens (tertiary/aromatic N) is 3. The Kier molecular flexibility index (Phi) is 5.49. The van der Waals surface area contributed by atoms with Crippen LogP contribution in [0, 0.1) is 0 Å². The minimum absolute atomic E-state index is 0.223. The van der Waals surface area contributed by atoms with Gasteiger partial charge in [0.05, 0.1) is 0 Å². The van der Waals surface area contributed by atoms with E-state index in [1.165, 1.54) is 35.6 Å². The summed E-state index contributed by atoms with van der Waals surface area (Å²) in [6.45, 7) is 1.85. The first-order chi connectivity index (χ1) is 12.8. The molecule has 1 aliphatic rings. The van der Waals surface area contributed by atoms with Crippen LogP contribution in [-0.4, -0.2) is 59.6 Å². The van der Waals surface area contributed by atoms with E-state index in [-0.39, 0.29) is 17.4 Å². The Bertz CT molecular complexity index is 802. The molecule has 2 aromatic rings. The quantitative estimate of drug-likeness (QED) is 0.782. The van der Waals surface area contributed by atoms with E-state index in [2.05, 4.69) is 15.0 Å². The monoisotopic (exact) mass is 400 g/mol. The first kappa shape index (κ1) is 19.0. The molecular weight excluding hydrogens is 385 g/mol. The van der Waals surface area contributed by atoms with Gasteiger partial charge < -0.3 is 19.9 Å². The lowest BCUT2D eigenvalue weighted by Gasteiger charge is -2.32. The molecule has 1 N–H and O–H groups in total. The van der Waals surface area contributed by atoms with E-state index in [1.807, 2.05) is 0 Å². The van der Waals surface area contributed by atoms with Crippen LogP contribution < -0.4 is 10.1 Å². The second-order valence-corrected chi connectivity index (χ2v) is 6.53. The van der Waals surface area contributed by atoms with Gasteiger partial charge in [-0.2, -0.15) is 0 Å². The molecule has 1 aromatic carbocycles. The maximum absolute atomic E-state index is 12.5. The van der Waals surface area contributed by atoms with Crippen LogP contribution in [0.5, 0.6) is 5.75 Å². The zero-order valence-electron chi connectivity index (χ0n) is 13.9. The van der Waals surface area contributed by atoms with Gasteiger partial charge in [0.25, 0.3) is 5.91 Å². The maximum Gasteiger partial charge on any atom is 0.573 e. The number of aromatic nitrogens is 1. The van der Waals surface area contributed by atoms with Crippen LogP contribution in [0.1, 0.15) is 10.5 Å². The SMILES string of the molecule is O=CN1CCN(C(=O)c2csc(Nc3ccc(OC(F)(F)F)cc3)n2)CC1. The Morgan fingerprint density at radius 2 is 1.85 bits per heavy atom. The van der Waals surface area contributed by atoms with E-state index in [4.69, 9.17) is 0 Å². The molecular formula is C16H15F3N4O3S. The summed E-state index contributed by atoms with van der Waals surface area (Å²) >= 11 is 1.21. The van der Waals surface area contributed by atoms with Crippen molar-refractivity contribution in [3.8, 4) is 5.75 Å². The molecule has 27 heavy (non-hydrogen) atoms. The van der Waals surface area contributed by atoms with E-state index in [1.54, 1.807) is 15.2 Å². The number of piperazine rings is 1. The van der Waals surface area contributed by atoms with Crippen molar-refractivity contribution < 1.29 is 27.5 Å². The molecule has 0 unspecified atom stereocenters. The Balaban J connectivity index is 1.59. The number of nitrogens with one attached hydrogen (secondary N) is 1. The number of hydrogen-bond acceptors (Lipinski definition) is 6. The number of hydrogen-bond donors (Lipinski definition) is 1. The molecule has 1 fully saturated rings. The molecule has 0 atom stereocenters. The van der Waals surface area contributed by atoms with Crippen LogP contribution in [0.15, 0.2) is 29.6 Å². The predicted octanol–water partition coefficient (Wildman–Crippen LogP) is 2.70. The molecule has 0 spiro atoms. The minimum Gasteiger partial charge on any atom is -0.406 e. The molecule has 11 heteroatoms. The van der Waals surface area contributed by atoms with Crippen molar-refractivity contribution in [2.45, 2.75) is 6.36 Å². The molecule has 7 nitrogen and oxygen atoms in total. The van der Waals surface area contributed by atoms with Gasteiger partial charge in [-0.25, -0.2) is 4.98 Å². The molecule has 2 amide bonds. The lowest BCUT2D eigenvalue weighted by molar-refractivity contribution is -0.274. The van der Waals surface area contributed by atoms with Crippen molar-refractivity contribution in [1.82, 2.24) is 14.8 Å². The van der Waals surface area contributed by atoms with Crippen molar-refractivity contribution in [3.05, 3.63) is 35.3 Å². The zero-order valence-corrected chi connectivity index (χ0v) is 14.7. The van der Waals surface area contributed by atoms with Gasteiger partial charge in [-0.05, 0) is 24.3 Å². The fraction of sp³-hybridized carbons (Fsp3) is 0.312. The fourth-order valence-electron chi connectivity index (χ4n) is 2.49. The summed E-state index contributed by atoms with van der Waals surface area (Å²) in [5, 5.41) is 4.98. The molecule has 3 rings (SSSR count). The summed E-state index contributed by atoms with van der Waals surface area (Å²) in [6, 6.07) is 5.20. The normalized spacial score (nSPS) is 14.8. The van der Waals surface area contributed by atoms with E-state index < -0.39 is 6.36 Å². The van der Waals surface area contributed by atoms with Crippen molar-refractivity contribution in [2.75, 3.05) is 31.5 Å². The topological polar surface area (TPSA) is 74.8 Å². The van der Waals surface area contributed by atoms with E-state index in [0.717, 1.165) is 6.41 Å². The number of halogens is 3. The number of alkyl halides is 3. The Morgan fingerprint density at radius 3 is 2.44 bits per heavy atom. The summed E-state index contributed by atoms with van der Waals surface area (Å²) in [6.07, 6.45) is -3.98. The van der Waals surface area contributed by atoms with Gasteiger partial charge in [0.15, 0.2) is 5.13 Å². The third kappa shape index (κ3) is 5.09. The zero-order chi connectivity index (χ0) is 19.4. The van der Waals surface area contributed by atoms with Gasteiger partial charge in [-0.15, -0.1) is 24.5 Å². The second kappa shape index (κ2) is 7.82. The molecule has 1 aromatic heterocycles. The third-order valence-electron chi connectivity index (χ3n) is 3.81. The number of thiazole rings is 1. The lowest BCUT2D eigenvalue weighted by Crippen LogP contribution is -2.48. The van der Waals surface area contributed by atoms with Gasteiger partial charge in [-0.3, -0.25) is 9.59 Å². The van der Waals surface area contributed by atoms with Crippen LogP contribution in [0.2, 0.25) is 0 Å². The number of carbonyl (C=O) groups is 2. The first-order valence-corrected chi connectivity index (χ1v) is 8.79. The maximum atomic E-state index is 12.5. The van der Waals surface area contributed by atoms with Gasteiger partial charge in [0, 0.05) is 37.2 Å². The highest BCUT2D eigenvalue weighted by Crippen LogP contribution is 2.26. The van der Waals surface area contributed by atoms with Crippen LogP contribution in [0.25, 0.3) is 0 Å². The number of amides is 2. The second-order valence-electron chi connectivity index (χ2n) is 5.67. The molecule has 144 valence electrons. The Hall–Kier alpha value is -2.82.